The van der Waals surface area contributed by atoms with Crippen molar-refractivity contribution in [3.8, 4) is 0 Å². The number of amides is 1. The number of nitrogens with two attached hydrogens (primary N) is 1. The molecular formula is C13H13ClN4O3S. The molecule has 0 unspecified atom stereocenters. The van der Waals surface area contributed by atoms with Gasteiger partial charge in [0.15, 0.2) is 15.8 Å². The standard InChI is InChI=1S/C13H13ClN4O3S/c1-2-21-12(20)9-10(16-13(15)22-9)17-18-11(19)7-3-5-8(14)6-4-7/h3-6,17H,2H2,1H3,(H2,15,16)(H,18,19). The molecule has 0 aliphatic carbocycles. The highest BCUT2D eigenvalue weighted by Gasteiger charge is 2.19. The molecule has 1 aromatic carbocycles. The van der Waals surface area contributed by atoms with Gasteiger partial charge in [0, 0.05) is 10.6 Å². The van der Waals surface area contributed by atoms with Crippen LogP contribution >= 0.6 is 22.9 Å². The first-order chi connectivity index (χ1) is 10.5. The molecule has 7 nitrogen and oxygen atoms in total. The van der Waals surface area contributed by atoms with E-state index in [1.165, 1.54) is 0 Å². The number of ether oxygens (including phenoxy) is 1. The maximum Gasteiger partial charge on any atom is 0.352 e. The van der Waals surface area contributed by atoms with Gasteiger partial charge in [0.05, 0.1) is 6.61 Å². The fourth-order valence-electron chi connectivity index (χ4n) is 1.55. The number of aromatic nitrogens is 1. The number of carbonyl (C=O) groups is 2. The van der Waals surface area contributed by atoms with E-state index in [9.17, 15) is 9.59 Å². The Bertz CT molecular complexity index is 687. The van der Waals surface area contributed by atoms with Crippen molar-refractivity contribution in [3.63, 3.8) is 0 Å². The number of benzene rings is 1. The lowest BCUT2D eigenvalue weighted by atomic mass is 10.2. The molecule has 116 valence electrons. The summed E-state index contributed by atoms with van der Waals surface area (Å²) >= 11 is 6.73. The Morgan fingerprint density at radius 1 is 1.36 bits per heavy atom. The number of rotatable bonds is 5. The van der Waals surface area contributed by atoms with Crippen LogP contribution in [0.25, 0.3) is 0 Å². The number of carbonyl (C=O) groups excluding carboxylic acids is 2. The zero-order valence-electron chi connectivity index (χ0n) is 11.6. The number of thiazole rings is 1. The van der Waals surface area contributed by atoms with Crippen LogP contribution in [0.15, 0.2) is 24.3 Å². The Hall–Kier alpha value is -2.32. The lowest BCUT2D eigenvalue weighted by Crippen LogP contribution is -2.30. The van der Waals surface area contributed by atoms with Gasteiger partial charge in [-0.1, -0.05) is 22.9 Å². The van der Waals surface area contributed by atoms with Gasteiger partial charge in [0.25, 0.3) is 5.91 Å². The third kappa shape index (κ3) is 3.86. The number of nitrogens with zero attached hydrogens (tertiary/aromatic N) is 1. The summed E-state index contributed by atoms with van der Waals surface area (Å²) in [5.74, 6) is -0.818. The third-order valence-electron chi connectivity index (χ3n) is 2.51. The Balaban J connectivity index is 2.06. The molecule has 2 aromatic rings. The van der Waals surface area contributed by atoms with Gasteiger partial charge in [-0.2, -0.15) is 0 Å². The van der Waals surface area contributed by atoms with Gasteiger partial charge in [-0.3, -0.25) is 15.6 Å². The highest BCUT2D eigenvalue weighted by Crippen LogP contribution is 2.25. The largest absolute Gasteiger partial charge is 0.462 e. The zero-order chi connectivity index (χ0) is 16.1. The van der Waals surface area contributed by atoms with E-state index in [1.54, 1.807) is 31.2 Å². The number of halogens is 1. The minimum absolute atomic E-state index is 0.142. The summed E-state index contributed by atoms with van der Waals surface area (Å²) in [4.78, 5) is 27.8. The van der Waals surface area contributed by atoms with E-state index in [2.05, 4.69) is 15.8 Å². The normalized spacial score (nSPS) is 10.1. The maximum atomic E-state index is 12.0. The van der Waals surface area contributed by atoms with Crippen molar-refractivity contribution in [1.82, 2.24) is 10.4 Å². The van der Waals surface area contributed by atoms with Gasteiger partial charge in [0.2, 0.25) is 0 Å². The lowest BCUT2D eigenvalue weighted by Gasteiger charge is -2.07. The van der Waals surface area contributed by atoms with E-state index < -0.39 is 11.9 Å². The van der Waals surface area contributed by atoms with Crippen LogP contribution in [-0.2, 0) is 4.74 Å². The molecule has 0 aliphatic rings. The second kappa shape index (κ2) is 7.10. The molecule has 4 N–H and O–H groups in total. The summed E-state index contributed by atoms with van der Waals surface area (Å²) in [6.07, 6.45) is 0. The van der Waals surface area contributed by atoms with Gasteiger partial charge in [0.1, 0.15) is 0 Å². The van der Waals surface area contributed by atoms with E-state index in [-0.39, 0.29) is 22.4 Å². The van der Waals surface area contributed by atoms with Gasteiger partial charge in [-0.25, -0.2) is 9.78 Å². The topological polar surface area (TPSA) is 106 Å². The number of hydrazine groups is 1. The number of esters is 1. The van der Waals surface area contributed by atoms with E-state index in [0.717, 1.165) is 11.3 Å². The Morgan fingerprint density at radius 3 is 2.68 bits per heavy atom. The summed E-state index contributed by atoms with van der Waals surface area (Å²) in [6.45, 7) is 1.92. The van der Waals surface area contributed by atoms with E-state index in [4.69, 9.17) is 22.1 Å². The summed E-state index contributed by atoms with van der Waals surface area (Å²) in [5, 5.41) is 0.715. The van der Waals surface area contributed by atoms with Crippen molar-refractivity contribution >= 4 is 45.8 Å². The number of hydrogen-bond acceptors (Lipinski definition) is 7. The quantitative estimate of drug-likeness (QED) is 0.569. The van der Waals surface area contributed by atoms with Crippen LogP contribution in [0, 0.1) is 0 Å². The molecule has 0 bridgehead atoms. The minimum atomic E-state index is -0.556. The molecule has 0 radical (unpaired) electrons. The predicted octanol–water partition coefficient (Wildman–Crippen LogP) is 2.31. The van der Waals surface area contributed by atoms with Gasteiger partial charge >= 0.3 is 5.97 Å². The molecule has 0 fully saturated rings. The first-order valence-corrected chi connectivity index (χ1v) is 7.46. The first-order valence-electron chi connectivity index (χ1n) is 6.26. The fourth-order valence-corrected chi connectivity index (χ4v) is 2.35. The van der Waals surface area contributed by atoms with Gasteiger partial charge in [-0.15, -0.1) is 0 Å². The Kier molecular flexibility index (Phi) is 5.18. The van der Waals surface area contributed by atoms with Crippen molar-refractivity contribution in [1.29, 1.82) is 0 Å². The summed E-state index contributed by atoms with van der Waals surface area (Å²) in [5.41, 5.74) is 11.0. The van der Waals surface area contributed by atoms with Crippen molar-refractivity contribution in [2.75, 3.05) is 17.8 Å². The average Bonchev–Trinajstić information content (AvgIpc) is 2.87. The molecule has 22 heavy (non-hydrogen) atoms. The lowest BCUT2D eigenvalue weighted by molar-refractivity contribution is 0.0532. The van der Waals surface area contributed by atoms with Crippen molar-refractivity contribution in [2.24, 2.45) is 0 Å². The molecule has 0 spiro atoms. The second-order valence-electron chi connectivity index (χ2n) is 4.04. The van der Waals surface area contributed by atoms with Crippen molar-refractivity contribution in [2.45, 2.75) is 6.92 Å². The Morgan fingerprint density at radius 2 is 2.05 bits per heavy atom. The zero-order valence-corrected chi connectivity index (χ0v) is 13.1. The summed E-state index contributed by atoms with van der Waals surface area (Å²) in [7, 11) is 0. The molecule has 0 aliphatic heterocycles. The minimum Gasteiger partial charge on any atom is -0.462 e. The smallest absolute Gasteiger partial charge is 0.352 e. The molecule has 0 saturated heterocycles. The fraction of sp³-hybridized carbons (Fsp3) is 0.154. The molecule has 1 amide bonds. The van der Waals surface area contributed by atoms with E-state index >= 15 is 0 Å². The summed E-state index contributed by atoms with van der Waals surface area (Å²) in [6, 6.07) is 6.34. The maximum absolute atomic E-state index is 12.0. The van der Waals surface area contributed by atoms with Gasteiger partial charge < -0.3 is 10.5 Å². The SMILES string of the molecule is CCOC(=O)c1sc(N)nc1NNC(=O)c1ccc(Cl)cc1. The molecule has 9 heteroatoms. The van der Waals surface area contributed by atoms with Gasteiger partial charge in [-0.05, 0) is 31.2 Å². The molecule has 2 rings (SSSR count). The monoisotopic (exact) mass is 340 g/mol. The van der Waals surface area contributed by atoms with Crippen LogP contribution in [0.2, 0.25) is 5.02 Å². The molecule has 0 saturated carbocycles. The van der Waals surface area contributed by atoms with E-state index in [1.807, 2.05) is 0 Å². The van der Waals surface area contributed by atoms with Crippen LogP contribution in [0.5, 0.6) is 0 Å². The number of anilines is 2. The van der Waals surface area contributed by atoms with Crippen molar-refractivity contribution < 1.29 is 14.3 Å². The van der Waals surface area contributed by atoms with Crippen LogP contribution in [0.3, 0.4) is 0 Å². The molecule has 0 atom stereocenters. The van der Waals surface area contributed by atoms with Crippen LogP contribution in [0.4, 0.5) is 10.9 Å². The third-order valence-corrected chi connectivity index (χ3v) is 3.62. The van der Waals surface area contributed by atoms with Crippen molar-refractivity contribution in [3.05, 3.63) is 39.7 Å². The highest BCUT2D eigenvalue weighted by atomic mass is 35.5. The first kappa shape index (κ1) is 16.1. The Labute approximate surface area is 135 Å². The highest BCUT2D eigenvalue weighted by molar-refractivity contribution is 7.17. The molecular weight excluding hydrogens is 328 g/mol. The van der Waals surface area contributed by atoms with Crippen LogP contribution in [-0.4, -0.2) is 23.5 Å². The summed E-state index contributed by atoms with van der Waals surface area (Å²) < 4.78 is 4.90. The predicted molar refractivity (Wildman–Crippen MR) is 85.0 cm³/mol. The second-order valence-corrected chi connectivity index (χ2v) is 5.50. The van der Waals surface area contributed by atoms with Crippen LogP contribution in [0.1, 0.15) is 27.0 Å². The molecule has 1 heterocycles. The number of nitrogens with one attached hydrogen (secondary N) is 2. The number of nitrogen functional groups attached to an aromatic ring is 1. The van der Waals surface area contributed by atoms with E-state index in [0.29, 0.717) is 10.6 Å². The molecule has 1 aromatic heterocycles. The average molecular weight is 341 g/mol. The number of hydrogen-bond donors (Lipinski definition) is 3. The van der Waals surface area contributed by atoms with Crippen LogP contribution < -0.4 is 16.6 Å².